The minimum absolute atomic E-state index is 0. The zero-order valence-corrected chi connectivity index (χ0v) is 9.66. The normalized spacial score (nSPS) is 22.4. The van der Waals surface area contributed by atoms with E-state index in [0.717, 1.165) is 25.4 Å². The Hall–Kier alpha value is -0.650. The Morgan fingerprint density at radius 1 is 1.60 bits per heavy atom. The van der Waals surface area contributed by atoms with Crippen molar-refractivity contribution >= 4 is 12.4 Å². The van der Waals surface area contributed by atoms with Gasteiger partial charge in [0.1, 0.15) is 0 Å². The number of hydrogen-bond donors (Lipinski definition) is 1. The van der Waals surface area contributed by atoms with Crippen LogP contribution in [0.25, 0.3) is 0 Å². The zero-order valence-electron chi connectivity index (χ0n) is 8.85. The van der Waals surface area contributed by atoms with Crippen molar-refractivity contribution in [2.45, 2.75) is 25.3 Å². The fraction of sp³-hybridized carbons (Fsp3) is 0.778. The first-order valence-electron chi connectivity index (χ1n) is 5.00. The highest BCUT2D eigenvalue weighted by atomic mass is 35.5. The number of nitrogens with zero attached hydrogens (tertiary/aromatic N) is 3. The average Bonchev–Trinajstić information content (AvgIpc) is 2.66. The van der Waals surface area contributed by atoms with Gasteiger partial charge in [0.25, 0.3) is 0 Å². The minimum atomic E-state index is 0. The molecule has 0 radical (unpaired) electrons. The molecular formula is C9H17ClN4O. The molecule has 0 bridgehead atoms. The molecule has 1 aromatic heterocycles. The summed E-state index contributed by atoms with van der Waals surface area (Å²) in [6.07, 6.45) is 2.33. The summed E-state index contributed by atoms with van der Waals surface area (Å²) in [5, 5.41) is 3.81. The maximum Gasteiger partial charge on any atom is 0.231 e. The number of nitrogens with two attached hydrogens (primary N) is 1. The number of aromatic nitrogens is 2. The predicted molar refractivity (Wildman–Crippen MR) is 58.9 cm³/mol. The first kappa shape index (κ1) is 12.4. The third-order valence-electron chi connectivity index (χ3n) is 2.64. The fourth-order valence-corrected chi connectivity index (χ4v) is 1.88. The van der Waals surface area contributed by atoms with Crippen LogP contribution in [0.4, 0.5) is 0 Å². The van der Waals surface area contributed by atoms with Crippen LogP contribution in [-0.2, 0) is 6.54 Å². The minimum Gasteiger partial charge on any atom is -0.339 e. The quantitative estimate of drug-likeness (QED) is 0.816. The van der Waals surface area contributed by atoms with Gasteiger partial charge < -0.3 is 15.2 Å². The lowest BCUT2D eigenvalue weighted by Gasteiger charge is -2.27. The van der Waals surface area contributed by atoms with Gasteiger partial charge in [0.05, 0.1) is 12.5 Å². The molecule has 2 heterocycles. The first-order chi connectivity index (χ1) is 6.79. The molecule has 6 heteroatoms. The SMILES string of the molecule is CN1CCCC(c2nc(CN)no2)C1.Cl. The van der Waals surface area contributed by atoms with Crippen LogP contribution in [0.2, 0.25) is 0 Å². The van der Waals surface area contributed by atoms with E-state index in [-0.39, 0.29) is 12.4 Å². The second-order valence-corrected chi connectivity index (χ2v) is 3.85. The molecule has 15 heavy (non-hydrogen) atoms. The maximum atomic E-state index is 5.42. The van der Waals surface area contributed by atoms with Gasteiger partial charge in [0.15, 0.2) is 5.82 Å². The molecule has 2 N–H and O–H groups in total. The van der Waals surface area contributed by atoms with E-state index in [1.165, 1.54) is 6.42 Å². The van der Waals surface area contributed by atoms with Gasteiger partial charge in [0, 0.05) is 6.54 Å². The highest BCUT2D eigenvalue weighted by Crippen LogP contribution is 2.24. The highest BCUT2D eigenvalue weighted by molar-refractivity contribution is 5.85. The van der Waals surface area contributed by atoms with Gasteiger partial charge in [0.2, 0.25) is 5.89 Å². The third-order valence-corrected chi connectivity index (χ3v) is 2.64. The van der Waals surface area contributed by atoms with Gasteiger partial charge in [-0.1, -0.05) is 5.16 Å². The van der Waals surface area contributed by atoms with Crippen molar-refractivity contribution in [1.82, 2.24) is 15.0 Å². The molecule has 1 atom stereocenters. The van der Waals surface area contributed by atoms with E-state index in [1.807, 2.05) is 0 Å². The molecule has 5 nitrogen and oxygen atoms in total. The second kappa shape index (κ2) is 5.44. The molecule has 0 aromatic carbocycles. The third kappa shape index (κ3) is 2.90. The largest absolute Gasteiger partial charge is 0.339 e. The summed E-state index contributed by atoms with van der Waals surface area (Å²) in [6.45, 7) is 2.52. The Morgan fingerprint density at radius 3 is 3.00 bits per heavy atom. The summed E-state index contributed by atoms with van der Waals surface area (Å²) in [5.41, 5.74) is 5.42. The number of hydrogen-bond acceptors (Lipinski definition) is 5. The molecule has 1 fully saturated rings. The molecule has 1 aromatic rings. The Kier molecular flexibility index (Phi) is 4.50. The van der Waals surface area contributed by atoms with Gasteiger partial charge in [-0.3, -0.25) is 0 Å². The smallest absolute Gasteiger partial charge is 0.231 e. The Balaban J connectivity index is 0.00000112. The molecule has 0 saturated carbocycles. The lowest BCUT2D eigenvalue weighted by atomic mass is 9.98. The van der Waals surface area contributed by atoms with E-state index in [4.69, 9.17) is 10.3 Å². The van der Waals surface area contributed by atoms with Crippen molar-refractivity contribution < 1.29 is 4.52 Å². The lowest BCUT2D eigenvalue weighted by Crippen LogP contribution is -2.30. The number of likely N-dealkylation sites (tertiary alicyclic amines) is 1. The summed E-state index contributed by atoms with van der Waals surface area (Å²) >= 11 is 0. The molecule has 1 aliphatic heterocycles. The average molecular weight is 233 g/mol. The molecule has 1 aliphatic rings. The Labute approximate surface area is 95.4 Å². The first-order valence-corrected chi connectivity index (χ1v) is 5.00. The highest BCUT2D eigenvalue weighted by Gasteiger charge is 2.23. The summed E-state index contributed by atoms with van der Waals surface area (Å²) in [6, 6.07) is 0. The molecule has 0 aliphatic carbocycles. The van der Waals surface area contributed by atoms with E-state index >= 15 is 0 Å². The molecule has 2 rings (SSSR count). The molecule has 86 valence electrons. The topological polar surface area (TPSA) is 68.2 Å². The van der Waals surface area contributed by atoms with Crippen LogP contribution in [0.5, 0.6) is 0 Å². The van der Waals surface area contributed by atoms with Gasteiger partial charge in [-0.05, 0) is 26.4 Å². The van der Waals surface area contributed by atoms with Gasteiger partial charge in [-0.25, -0.2) is 0 Å². The second-order valence-electron chi connectivity index (χ2n) is 3.85. The number of rotatable bonds is 2. The molecule has 1 saturated heterocycles. The van der Waals surface area contributed by atoms with Crippen molar-refractivity contribution in [1.29, 1.82) is 0 Å². The predicted octanol–water partition coefficient (Wildman–Crippen LogP) is 0.759. The van der Waals surface area contributed by atoms with E-state index in [0.29, 0.717) is 18.3 Å². The van der Waals surface area contributed by atoms with Crippen molar-refractivity contribution in [3.05, 3.63) is 11.7 Å². The summed E-state index contributed by atoms with van der Waals surface area (Å²) in [5.74, 6) is 1.74. The molecule has 0 amide bonds. The molecule has 0 spiro atoms. The standard InChI is InChI=1S/C9H16N4O.ClH/c1-13-4-2-3-7(6-13)9-11-8(5-10)12-14-9;/h7H,2-6,10H2,1H3;1H. The van der Waals surface area contributed by atoms with Crippen molar-refractivity contribution in [2.75, 3.05) is 20.1 Å². The van der Waals surface area contributed by atoms with Crippen LogP contribution in [0, 0.1) is 0 Å². The number of likely N-dealkylation sites (N-methyl/N-ethyl adjacent to an activating group) is 1. The number of halogens is 1. The lowest BCUT2D eigenvalue weighted by molar-refractivity contribution is 0.220. The number of piperidine rings is 1. The van der Waals surface area contributed by atoms with Gasteiger partial charge in [-0.2, -0.15) is 4.98 Å². The maximum absolute atomic E-state index is 5.42. The Bertz CT molecular complexity index is 304. The molecular weight excluding hydrogens is 216 g/mol. The van der Waals surface area contributed by atoms with Gasteiger partial charge >= 0.3 is 0 Å². The van der Waals surface area contributed by atoms with Crippen LogP contribution in [0.15, 0.2) is 4.52 Å². The monoisotopic (exact) mass is 232 g/mol. The van der Waals surface area contributed by atoms with Crippen LogP contribution in [0.1, 0.15) is 30.5 Å². The van der Waals surface area contributed by atoms with Crippen molar-refractivity contribution in [3.63, 3.8) is 0 Å². The van der Waals surface area contributed by atoms with E-state index in [1.54, 1.807) is 0 Å². The Morgan fingerprint density at radius 2 is 2.40 bits per heavy atom. The fourth-order valence-electron chi connectivity index (χ4n) is 1.88. The zero-order chi connectivity index (χ0) is 9.97. The van der Waals surface area contributed by atoms with E-state index in [9.17, 15) is 0 Å². The summed E-state index contributed by atoms with van der Waals surface area (Å²) in [7, 11) is 2.12. The molecule has 1 unspecified atom stereocenters. The van der Waals surface area contributed by atoms with Crippen molar-refractivity contribution in [3.8, 4) is 0 Å². The van der Waals surface area contributed by atoms with Crippen LogP contribution < -0.4 is 5.73 Å². The van der Waals surface area contributed by atoms with E-state index < -0.39 is 0 Å². The van der Waals surface area contributed by atoms with Crippen molar-refractivity contribution in [2.24, 2.45) is 5.73 Å². The summed E-state index contributed by atoms with van der Waals surface area (Å²) in [4.78, 5) is 6.55. The van der Waals surface area contributed by atoms with Crippen LogP contribution >= 0.6 is 12.4 Å². The van der Waals surface area contributed by atoms with Crippen LogP contribution in [-0.4, -0.2) is 35.2 Å². The van der Waals surface area contributed by atoms with E-state index in [2.05, 4.69) is 22.1 Å². The van der Waals surface area contributed by atoms with Crippen LogP contribution in [0.3, 0.4) is 0 Å². The van der Waals surface area contributed by atoms with Gasteiger partial charge in [-0.15, -0.1) is 12.4 Å². The summed E-state index contributed by atoms with van der Waals surface area (Å²) < 4.78 is 5.18.